The number of ether oxygens (including phenoxy) is 1. The summed E-state index contributed by atoms with van der Waals surface area (Å²) in [6.45, 7) is 4.70. The van der Waals surface area contributed by atoms with Gasteiger partial charge in [0.25, 0.3) is 0 Å². The van der Waals surface area contributed by atoms with Gasteiger partial charge in [-0.15, -0.1) is 0 Å². The van der Waals surface area contributed by atoms with E-state index in [-0.39, 0.29) is 0 Å². The van der Waals surface area contributed by atoms with Crippen LogP contribution in [-0.2, 0) is 0 Å². The maximum Gasteiger partial charge on any atom is 0.212 e. The van der Waals surface area contributed by atoms with Crippen LogP contribution >= 0.6 is 11.3 Å². The number of aryl methyl sites for hydroxylation is 1. The number of fused-ring (bicyclic) bond motifs is 1. The fraction of sp³-hybridized carbons (Fsp3) is 0.231. The largest absolute Gasteiger partial charge is 0.494 e. The fourth-order valence-electron chi connectivity index (χ4n) is 1.95. The highest BCUT2D eigenvalue weighted by Gasteiger charge is 2.11. The summed E-state index contributed by atoms with van der Waals surface area (Å²) in [6, 6.07) is 8.01. The van der Waals surface area contributed by atoms with Gasteiger partial charge in [-0.3, -0.25) is 0 Å². The molecule has 0 amide bonds. The first-order chi connectivity index (χ1) is 8.79. The van der Waals surface area contributed by atoms with Crippen molar-refractivity contribution < 1.29 is 4.74 Å². The van der Waals surface area contributed by atoms with Crippen molar-refractivity contribution >= 4 is 16.3 Å². The minimum absolute atomic E-state index is 0.683. The Bertz CT molecular complexity index is 669. The zero-order valence-electron chi connectivity index (χ0n) is 10.3. The van der Waals surface area contributed by atoms with E-state index in [1.165, 1.54) is 0 Å². The van der Waals surface area contributed by atoms with Gasteiger partial charge >= 0.3 is 0 Å². The average molecular weight is 259 g/mol. The summed E-state index contributed by atoms with van der Waals surface area (Å²) in [4.78, 5) is 5.52. The molecule has 18 heavy (non-hydrogen) atoms. The Kier molecular flexibility index (Phi) is 2.76. The van der Waals surface area contributed by atoms with Crippen molar-refractivity contribution in [1.82, 2.24) is 14.6 Å². The number of imidazole rings is 1. The van der Waals surface area contributed by atoms with Crippen LogP contribution in [0.5, 0.6) is 5.75 Å². The predicted molar refractivity (Wildman–Crippen MR) is 72.2 cm³/mol. The average Bonchev–Trinajstić information content (AvgIpc) is 2.95. The molecule has 0 saturated heterocycles. The maximum absolute atomic E-state index is 5.43. The molecular formula is C13H13N3OS. The summed E-state index contributed by atoms with van der Waals surface area (Å²) in [5.74, 6) is 0.887. The molecule has 0 spiro atoms. The molecule has 2 aromatic heterocycles. The smallest absolute Gasteiger partial charge is 0.212 e. The van der Waals surface area contributed by atoms with Crippen LogP contribution < -0.4 is 4.74 Å². The van der Waals surface area contributed by atoms with Gasteiger partial charge in [-0.05, 0) is 38.1 Å². The number of aromatic nitrogens is 3. The molecule has 0 fully saturated rings. The van der Waals surface area contributed by atoms with E-state index in [1.54, 1.807) is 16.8 Å². The normalized spacial score (nSPS) is 11.0. The zero-order chi connectivity index (χ0) is 12.5. The highest BCUT2D eigenvalue weighted by atomic mass is 32.1. The molecule has 3 rings (SSSR count). The number of hydrogen-bond acceptors (Lipinski definition) is 4. The Morgan fingerprint density at radius 2 is 2.06 bits per heavy atom. The van der Waals surface area contributed by atoms with Gasteiger partial charge in [-0.1, -0.05) is 11.3 Å². The Balaban J connectivity index is 2.03. The summed E-state index contributed by atoms with van der Waals surface area (Å²) < 4.78 is 7.31. The molecule has 1 aromatic carbocycles. The van der Waals surface area contributed by atoms with Crippen LogP contribution in [0.2, 0.25) is 0 Å². The summed E-state index contributed by atoms with van der Waals surface area (Å²) in [5.41, 5.74) is 4.94. The van der Waals surface area contributed by atoms with Crippen LogP contribution in [-0.4, -0.2) is 21.2 Å². The van der Waals surface area contributed by atoms with Crippen LogP contribution in [0.3, 0.4) is 0 Å². The van der Waals surface area contributed by atoms with Crippen LogP contribution in [0.15, 0.2) is 29.8 Å². The first-order valence-electron chi connectivity index (χ1n) is 5.81. The van der Waals surface area contributed by atoms with E-state index in [9.17, 15) is 0 Å². The molecule has 0 radical (unpaired) electrons. The number of hydrogen-bond donors (Lipinski definition) is 0. The maximum atomic E-state index is 5.43. The SMILES string of the molecule is CCOc1ccc(-c2nc3scnn3c2C)cc1. The lowest BCUT2D eigenvalue weighted by atomic mass is 10.1. The second-order valence-electron chi connectivity index (χ2n) is 3.94. The third-order valence-corrected chi connectivity index (χ3v) is 3.48. The highest BCUT2D eigenvalue weighted by Crippen LogP contribution is 2.26. The van der Waals surface area contributed by atoms with Crippen molar-refractivity contribution in [2.45, 2.75) is 13.8 Å². The van der Waals surface area contributed by atoms with E-state index < -0.39 is 0 Å². The van der Waals surface area contributed by atoms with Crippen molar-refractivity contribution in [2.24, 2.45) is 0 Å². The molecule has 0 aliphatic heterocycles. The minimum Gasteiger partial charge on any atom is -0.494 e. The van der Waals surface area contributed by atoms with Crippen LogP contribution in [0.1, 0.15) is 12.6 Å². The van der Waals surface area contributed by atoms with Crippen molar-refractivity contribution in [1.29, 1.82) is 0 Å². The van der Waals surface area contributed by atoms with Crippen LogP contribution in [0, 0.1) is 6.92 Å². The second-order valence-corrected chi connectivity index (χ2v) is 4.75. The first kappa shape index (κ1) is 11.2. The Hall–Kier alpha value is -1.88. The lowest BCUT2D eigenvalue weighted by Crippen LogP contribution is -1.91. The first-order valence-corrected chi connectivity index (χ1v) is 6.69. The van der Waals surface area contributed by atoms with Crippen molar-refractivity contribution in [2.75, 3.05) is 6.61 Å². The van der Waals surface area contributed by atoms with Gasteiger partial charge in [0.15, 0.2) is 0 Å². The molecule has 0 aliphatic carbocycles. The van der Waals surface area contributed by atoms with E-state index in [0.717, 1.165) is 27.7 Å². The highest BCUT2D eigenvalue weighted by molar-refractivity contribution is 7.14. The third kappa shape index (κ3) is 1.76. The third-order valence-electron chi connectivity index (χ3n) is 2.81. The summed E-state index contributed by atoms with van der Waals surface area (Å²) in [7, 11) is 0. The van der Waals surface area contributed by atoms with Crippen molar-refractivity contribution in [3.63, 3.8) is 0 Å². The standard InChI is InChI=1S/C13H13N3OS/c1-3-17-11-6-4-10(5-7-11)12-9(2)16-13(15-12)18-8-14-16/h4-8H,3H2,1-2H3. The van der Waals surface area contributed by atoms with Crippen molar-refractivity contribution in [3.8, 4) is 17.0 Å². The molecule has 0 atom stereocenters. The molecule has 0 aliphatic rings. The molecular weight excluding hydrogens is 246 g/mol. The van der Waals surface area contributed by atoms with E-state index in [4.69, 9.17) is 4.74 Å². The summed E-state index contributed by atoms with van der Waals surface area (Å²) in [6.07, 6.45) is 0. The van der Waals surface area contributed by atoms with Crippen LogP contribution in [0.25, 0.3) is 16.2 Å². The van der Waals surface area contributed by atoms with E-state index in [1.807, 2.05) is 42.6 Å². The predicted octanol–water partition coefficient (Wildman–Crippen LogP) is 3.16. The quantitative estimate of drug-likeness (QED) is 0.725. The van der Waals surface area contributed by atoms with Gasteiger partial charge in [0, 0.05) is 5.56 Å². The van der Waals surface area contributed by atoms with Gasteiger partial charge < -0.3 is 4.74 Å². The molecule has 0 saturated carbocycles. The Morgan fingerprint density at radius 3 is 2.72 bits per heavy atom. The lowest BCUT2D eigenvalue weighted by Gasteiger charge is -2.03. The number of benzene rings is 1. The van der Waals surface area contributed by atoms with Gasteiger partial charge in [0.2, 0.25) is 4.96 Å². The molecule has 0 unspecified atom stereocenters. The van der Waals surface area contributed by atoms with Gasteiger partial charge in [-0.25, -0.2) is 9.50 Å². The lowest BCUT2D eigenvalue weighted by molar-refractivity contribution is 0.340. The molecule has 92 valence electrons. The van der Waals surface area contributed by atoms with Gasteiger partial charge in [-0.2, -0.15) is 5.10 Å². The van der Waals surface area contributed by atoms with Gasteiger partial charge in [0.05, 0.1) is 18.0 Å². The summed E-state index contributed by atoms with van der Waals surface area (Å²) in [5, 5.41) is 4.26. The molecule has 5 heteroatoms. The monoisotopic (exact) mass is 259 g/mol. The fourth-order valence-corrected chi connectivity index (χ4v) is 2.61. The van der Waals surface area contributed by atoms with Crippen molar-refractivity contribution in [3.05, 3.63) is 35.5 Å². The molecule has 0 bridgehead atoms. The minimum atomic E-state index is 0.683. The Morgan fingerprint density at radius 1 is 1.28 bits per heavy atom. The summed E-state index contributed by atoms with van der Waals surface area (Å²) >= 11 is 1.54. The Labute approximate surface area is 109 Å². The number of nitrogens with zero attached hydrogens (tertiary/aromatic N) is 3. The zero-order valence-corrected chi connectivity index (χ0v) is 11.1. The molecule has 2 heterocycles. The van der Waals surface area contributed by atoms with E-state index in [0.29, 0.717) is 6.61 Å². The number of rotatable bonds is 3. The topological polar surface area (TPSA) is 39.4 Å². The molecule has 0 N–H and O–H groups in total. The van der Waals surface area contributed by atoms with Gasteiger partial charge in [0.1, 0.15) is 11.3 Å². The molecule has 4 nitrogen and oxygen atoms in total. The molecule has 3 aromatic rings. The second kappa shape index (κ2) is 4.42. The van der Waals surface area contributed by atoms with E-state index >= 15 is 0 Å². The van der Waals surface area contributed by atoms with E-state index in [2.05, 4.69) is 10.1 Å². The van der Waals surface area contributed by atoms with Crippen LogP contribution in [0.4, 0.5) is 0 Å².